The molecule has 0 amide bonds. The first-order valence-electron chi connectivity index (χ1n) is 6.50. The van der Waals surface area contributed by atoms with Crippen LogP contribution >= 0.6 is 0 Å². The van der Waals surface area contributed by atoms with Crippen LogP contribution in [0.2, 0.25) is 0 Å². The average molecular weight is 237 g/mol. The van der Waals surface area contributed by atoms with Gasteiger partial charge in [0.05, 0.1) is 11.8 Å². The van der Waals surface area contributed by atoms with Gasteiger partial charge in [-0.25, -0.2) is 0 Å². The van der Waals surface area contributed by atoms with E-state index in [4.69, 9.17) is 4.74 Å². The summed E-state index contributed by atoms with van der Waals surface area (Å²) in [5.41, 5.74) is 1.26. The minimum Gasteiger partial charge on any atom is -0.374 e. The maximum atomic E-state index is 5.91. The van der Waals surface area contributed by atoms with E-state index in [2.05, 4.69) is 30.5 Å². The second-order valence-electron chi connectivity index (χ2n) is 5.01. The molecule has 4 heteroatoms. The third-order valence-electron chi connectivity index (χ3n) is 3.79. The average Bonchev–Trinajstić information content (AvgIpc) is 2.95. The van der Waals surface area contributed by atoms with Crippen LogP contribution in [0.3, 0.4) is 0 Å². The molecule has 17 heavy (non-hydrogen) atoms. The number of hydrogen-bond acceptors (Lipinski definition) is 3. The van der Waals surface area contributed by atoms with Crippen LogP contribution in [-0.2, 0) is 17.7 Å². The van der Waals surface area contributed by atoms with Gasteiger partial charge in [-0.1, -0.05) is 0 Å². The Balaban J connectivity index is 2.04. The van der Waals surface area contributed by atoms with Gasteiger partial charge in [-0.2, -0.15) is 5.10 Å². The van der Waals surface area contributed by atoms with E-state index in [1.807, 2.05) is 17.9 Å². The number of aryl methyl sites for hydroxylation is 1. The summed E-state index contributed by atoms with van der Waals surface area (Å²) < 4.78 is 7.88. The molecule has 2 rings (SSSR count). The van der Waals surface area contributed by atoms with Crippen molar-refractivity contribution in [1.29, 1.82) is 0 Å². The van der Waals surface area contributed by atoms with E-state index < -0.39 is 0 Å². The lowest BCUT2D eigenvalue weighted by atomic mass is 9.89. The Hall–Kier alpha value is -0.870. The Morgan fingerprint density at radius 3 is 3.00 bits per heavy atom. The molecule has 0 spiro atoms. The van der Waals surface area contributed by atoms with Gasteiger partial charge >= 0.3 is 0 Å². The van der Waals surface area contributed by atoms with Gasteiger partial charge in [0.25, 0.3) is 0 Å². The second-order valence-corrected chi connectivity index (χ2v) is 5.01. The number of nitrogens with zero attached hydrogens (tertiary/aromatic N) is 2. The second kappa shape index (κ2) is 5.19. The highest BCUT2D eigenvalue weighted by atomic mass is 16.5. The summed E-state index contributed by atoms with van der Waals surface area (Å²) in [6, 6.07) is 0.361. The molecule has 1 aliphatic rings. The first kappa shape index (κ1) is 12.6. The third-order valence-corrected chi connectivity index (χ3v) is 3.79. The molecule has 2 heterocycles. The summed E-state index contributed by atoms with van der Waals surface area (Å²) in [7, 11) is 2.02. The van der Waals surface area contributed by atoms with Crippen LogP contribution in [0.25, 0.3) is 0 Å². The molecule has 2 atom stereocenters. The maximum absolute atomic E-state index is 5.91. The highest BCUT2D eigenvalue weighted by Crippen LogP contribution is 2.30. The van der Waals surface area contributed by atoms with E-state index in [9.17, 15) is 0 Å². The highest BCUT2D eigenvalue weighted by molar-refractivity contribution is 5.09. The molecule has 1 saturated heterocycles. The summed E-state index contributed by atoms with van der Waals surface area (Å²) in [6.45, 7) is 6.14. The zero-order chi connectivity index (χ0) is 12.3. The Morgan fingerprint density at radius 1 is 1.65 bits per heavy atom. The molecule has 4 nitrogen and oxygen atoms in total. The number of ether oxygens (including phenoxy) is 1. The Labute approximate surface area is 103 Å². The van der Waals surface area contributed by atoms with E-state index >= 15 is 0 Å². The van der Waals surface area contributed by atoms with Crippen molar-refractivity contribution in [3.63, 3.8) is 0 Å². The predicted octanol–water partition coefficient (Wildman–Crippen LogP) is 1.60. The SMILES string of the molecule is CCn1cc(CC(NC)C2(C)CCCO2)cn1. The predicted molar refractivity (Wildman–Crippen MR) is 68.0 cm³/mol. The van der Waals surface area contributed by atoms with Crippen LogP contribution in [-0.4, -0.2) is 35.1 Å². The molecular weight excluding hydrogens is 214 g/mol. The van der Waals surface area contributed by atoms with Crippen molar-refractivity contribution < 1.29 is 4.74 Å². The smallest absolute Gasteiger partial charge is 0.0810 e. The first-order valence-corrected chi connectivity index (χ1v) is 6.50. The van der Waals surface area contributed by atoms with E-state index in [0.717, 1.165) is 26.0 Å². The number of nitrogens with one attached hydrogen (secondary N) is 1. The lowest BCUT2D eigenvalue weighted by Crippen LogP contribution is -2.48. The number of hydrogen-bond donors (Lipinski definition) is 1. The zero-order valence-electron chi connectivity index (χ0n) is 11.1. The molecule has 1 fully saturated rings. The molecule has 1 aromatic heterocycles. The third kappa shape index (κ3) is 2.69. The summed E-state index contributed by atoms with van der Waals surface area (Å²) in [5, 5.41) is 7.72. The molecule has 0 radical (unpaired) electrons. The fraction of sp³-hybridized carbons (Fsp3) is 0.769. The van der Waals surface area contributed by atoms with E-state index in [0.29, 0.717) is 6.04 Å². The van der Waals surface area contributed by atoms with Gasteiger partial charge in [0.2, 0.25) is 0 Å². The van der Waals surface area contributed by atoms with Crippen molar-refractivity contribution in [2.24, 2.45) is 0 Å². The molecule has 96 valence electrons. The quantitative estimate of drug-likeness (QED) is 0.845. The zero-order valence-corrected chi connectivity index (χ0v) is 11.1. The van der Waals surface area contributed by atoms with Crippen LogP contribution < -0.4 is 5.32 Å². The maximum Gasteiger partial charge on any atom is 0.0810 e. The molecule has 1 aliphatic heterocycles. The summed E-state index contributed by atoms with van der Waals surface area (Å²) in [4.78, 5) is 0. The van der Waals surface area contributed by atoms with Gasteiger partial charge in [0, 0.05) is 25.4 Å². The van der Waals surface area contributed by atoms with Crippen molar-refractivity contribution in [3.8, 4) is 0 Å². The lowest BCUT2D eigenvalue weighted by molar-refractivity contribution is -0.00943. The van der Waals surface area contributed by atoms with Gasteiger partial charge in [-0.05, 0) is 45.7 Å². The summed E-state index contributed by atoms with van der Waals surface area (Å²) in [5.74, 6) is 0. The van der Waals surface area contributed by atoms with Crippen molar-refractivity contribution in [3.05, 3.63) is 18.0 Å². The molecule has 0 saturated carbocycles. The minimum absolute atomic E-state index is 0.0247. The summed E-state index contributed by atoms with van der Waals surface area (Å²) in [6.07, 6.45) is 7.38. The summed E-state index contributed by atoms with van der Waals surface area (Å²) >= 11 is 0. The van der Waals surface area contributed by atoms with Crippen LogP contribution in [0.5, 0.6) is 0 Å². The van der Waals surface area contributed by atoms with Gasteiger partial charge in [0.15, 0.2) is 0 Å². The lowest BCUT2D eigenvalue weighted by Gasteiger charge is -2.33. The van der Waals surface area contributed by atoms with Crippen LogP contribution in [0.15, 0.2) is 12.4 Å². The van der Waals surface area contributed by atoms with E-state index in [-0.39, 0.29) is 5.60 Å². The van der Waals surface area contributed by atoms with E-state index in [1.165, 1.54) is 12.0 Å². The number of aromatic nitrogens is 2. The topological polar surface area (TPSA) is 39.1 Å². The van der Waals surface area contributed by atoms with Crippen molar-refractivity contribution in [2.75, 3.05) is 13.7 Å². The van der Waals surface area contributed by atoms with Gasteiger partial charge in [-0.15, -0.1) is 0 Å². The van der Waals surface area contributed by atoms with Crippen molar-refractivity contribution in [2.45, 2.75) is 51.3 Å². The molecule has 0 bridgehead atoms. The Kier molecular flexibility index (Phi) is 3.84. The number of likely N-dealkylation sites (N-methyl/N-ethyl adjacent to an activating group) is 1. The van der Waals surface area contributed by atoms with Crippen LogP contribution in [0.1, 0.15) is 32.3 Å². The first-order chi connectivity index (χ1) is 8.18. The van der Waals surface area contributed by atoms with Gasteiger partial charge in [-0.3, -0.25) is 4.68 Å². The molecular formula is C13H23N3O. The Morgan fingerprint density at radius 2 is 2.47 bits per heavy atom. The highest BCUT2D eigenvalue weighted by Gasteiger charge is 2.37. The molecule has 1 aromatic rings. The molecule has 0 aliphatic carbocycles. The van der Waals surface area contributed by atoms with E-state index in [1.54, 1.807) is 0 Å². The Bertz CT molecular complexity index is 355. The molecule has 1 N–H and O–H groups in total. The van der Waals surface area contributed by atoms with Crippen molar-refractivity contribution >= 4 is 0 Å². The monoisotopic (exact) mass is 237 g/mol. The van der Waals surface area contributed by atoms with Crippen LogP contribution in [0.4, 0.5) is 0 Å². The fourth-order valence-electron chi connectivity index (χ4n) is 2.62. The largest absolute Gasteiger partial charge is 0.374 e. The van der Waals surface area contributed by atoms with Crippen LogP contribution in [0, 0.1) is 0 Å². The minimum atomic E-state index is -0.0247. The molecule has 0 aromatic carbocycles. The standard InChI is InChI=1S/C13H23N3O/c1-4-16-10-11(9-15-16)8-12(14-3)13(2)6-5-7-17-13/h9-10,12,14H,4-8H2,1-3H3. The molecule has 2 unspecified atom stereocenters. The van der Waals surface area contributed by atoms with Gasteiger partial charge < -0.3 is 10.1 Å². The number of rotatable bonds is 5. The fourth-order valence-corrected chi connectivity index (χ4v) is 2.62. The normalized spacial score (nSPS) is 26.3. The van der Waals surface area contributed by atoms with Crippen molar-refractivity contribution in [1.82, 2.24) is 15.1 Å². The van der Waals surface area contributed by atoms with Gasteiger partial charge in [0.1, 0.15) is 0 Å².